The number of sulfone groups is 1. The van der Waals surface area contributed by atoms with Crippen LogP contribution in [0.5, 0.6) is 0 Å². The number of rotatable bonds is 10. The number of urea groups is 1. The summed E-state index contributed by atoms with van der Waals surface area (Å²) in [6, 6.07) is 10.3. The van der Waals surface area contributed by atoms with Gasteiger partial charge in [0.05, 0.1) is 29.3 Å². The molecule has 1 aliphatic rings. The van der Waals surface area contributed by atoms with Gasteiger partial charge >= 0.3 is 12.0 Å². The molecule has 2 amide bonds. The summed E-state index contributed by atoms with van der Waals surface area (Å²) in [5.41, 5.74) is 2.57. The Balaban J connectivity index is 1.94. The topological polar surface area (TPSA) is 102 Å². The summed E-state index contributed by atoms with van der Waals surface area (Å²) in [6.45, 7) is 6.08. The molecule has 35 heavy (non-hydrogen) atoms. The second kappa shape index (κ2) is 11.9. The van der Waals surface area contributed by atoms with Gasteiger partial charge in [-0.1, -0.05) is 38.0 Å². The number of unbranched alkanes of at least 4 members (excludes halogenated alkanes) is 2. The zero-order valence-corrected chi connectivity index (χ0v) is 22.3. The monoisotopic (exact) mass is 518 g/mol. The summed E-state index contributed by atoms with van der Waals surface area (Å²) in [5, 5.41) is 5.51. The first-order valence-electron chi connectivity index (χ1n) is 11.8. The highest BCUT2D eigenvalue weighted by Crippen LogP contribution is 2.32. The maximum absolute atomic E-state index is 13.3. The molecular formula is C26H34N2O5S2. The largest absolute Gasteiger partial charge is 0.465 e. The minimum Gasteiger partial charge on any atom is -0.465 e. The van der Waals surface area contributed by atoms with Gasteiger partial charge in [0.2, 0.25) is 0 Å². The van der Waals surface area contributed by atoms with Crippen molar-refractivity contribution in [1.29, 1.82) is 0 Å². The van der Waals surface area contributed by atoms with Crippen molar-refractivity contribution in [3.8, 4) is 0 Å². The van der Waals surface area contributed by atoms with E-state index < -0.39 is 45.6 Å². The molecule has 1 fully saturated rings. The Morgan fingerprint density at radius 3 is 2.37 bits per heavy atom. The number of ether oxygens (including phenoxy) is 1. The summed E-state index contributed by atoms with van der Waals surface area (Å²) in [5.74, 6) is -1.83. The summed E-state index contributed by atoms with van der Waals surface area (Å²) < 4.78 is 32.2. The van der Waals surface area contributed by atoms with Crippen LogP contribution in [0.25, 0.3) is 0 Å². The van der Waals surface area contributed by atoms with Gasteiger partial charge in [-0.15, -0.1) is 11.8 Å². The van der Waals surface area contributed by atoms with Gasteiger partial charge in [0.15, 0.2) is 9.84 Å². The van der Waals surface area contributed by atoms with Crippen LogP contribution < -0.4 is 10.6 Å². The van der Waals surface area contributed by atoms with Crippen LogP contribution in [0.2, 0.25) is 0 Å². The molecule has 1 saturated heterocycles. The Morgan fingerprint density at radius 2 is 1.74 bits per heavy atom. The normalized spacial score (nSPS) is 20.1. The molecule has 3 rings (SSSR count). The molecule has 2 N–H and O–H groups in total. The molecule has 0 bridgehead atoms. The van der Waals surface area contributed by atoms with Crippen LogP contribution in [0.1, 0.15) is 48.9 Å². The molecule has 0 radical (unpaired) electrons. The van der Waals surface area contributed by atoms with Crippen molar-refractivity contribution in [2.45, 2.75) is 61.9 Å². The van der Waals surface area contributed by atoms with E-state index in [1.165, 1.54) is 0 Å². The average molecular weight is 519 g/mol. The number of thioether (sulfide) groups is 1. The smallest absolute Gasteiger partial charge is 0.315 e. The van der Waals surface area contributed by atoms with E-state index in [4.69, 9.17) is 4.74 Å². The molecule has 0 aromatic heterocycles. The summed E-state index contributed by atoms with van der Waals surface area (Å²) >= 11 is 1.58. The van der Waals surface area contributed by atoms with Gasteiger partial charge in [-0.3, -0.25) is 4.79 Å². The molecule has 2 aromatic carbocycles. The molecule has 9 heteroatoms. The Kier molecular flexibility index (Phi) is 9.24. The number of benzene rings is 2. The van der Waals surface area contributed by atoms with E-state index in [0.717, 1.165) is 40.8 Å². The number of aryl methyl sites for hydroxylation is 2. The van der Waals surface area contributed by atoms with E-state index in [9.17, 15) is 18.0 Å². The Hall–Kier alpha value is -2.52. The predicted octanol–water partition coefficient (Wildman–Crippen LogP) is 4.57. The van der Waals surface area contributed by atoms with Crippen LogP contribution in [-0.4, -0.2) is 45.1 Å². The van der Waals surface area contributed by atoms with Crippen molar-refractivity contribution < 1.29 is 22.7 Å². The lowest BCUT2D eigenvalue weighted by atomic mass is 9.86. The average Bonchev–Trinajstić information content (AvgIpc) is 2.82. The van der Waals surface area contributed by atoms with Gasteiger partial charge in [0, 0.05) is 4.90 Å². The highest BCUT2D eigenvalue weighted by atomic mass is 32.2. The second-order valence-electron chi connectivity index (χ2n) is 8.90. The Labute approximate surface area is 212 Å². The van der Waals surface area contributed by atoms with Gasteiger partial charge in [-0.05, 0) is 67.5 Å². The van der Waals surface area contributed by atoms with E-state index in [1.54, 1.807) is 30.0 Å². The van der Waals surface area contributed by atoms with Crippen LogP contribution >= 0.6 is 11.8 Å². The molecule has 3 unspecified atom stereocenters. The third-order valence-corrected chi connectivity index (χ3v) is 8.89. The Bertz CT molecular complexity index is 1150. The first-order chi connectivity index (χ1) is 16.7. The van der Waals surface area contributed by atoms with Crippen LogP contribution in [0.15, 0.2) is 52.3 Å². The van der Waals surface area contributed by atoms with Gasteiger partial charge in [0.1, 0.15) is 5.92 Å². The van der Waals surface area contributed by atoms with Crippen molar-refractivity contribution in [3.05, 3.63) is 59.2 Å². The van der Waals surface area contributed by atoms with Crippen LogP contribution in [0.4, 0.5) is 4.79 Å². The lowest BCUT2D eigenvalue weighted by Gasteiger charge is -2.38. The number of hydrogen-bond donors (Lipinski definition) is 2. The van der Waals surface area contributed by atoms with Gasteiger partial charge in [-0.2, -0.15) is 0 Å². The first-order valence-corrected chi connectivity index (χ1v) is 14.7. The van der Waals surface area contributed by atoms with Gasteiger partial charge in [-0.25, -0.2) is 13.2 Å². The summed E-state index contributed by atoms with van der Waals surface area (Å²) in [4.78, 5) is 27.1. The number of carbonyl (C=O) groups is 2. The lowest BCUT2D eigenvalue weighted by molar-refractivity contribution is -0.151. The zero-order chi connectivity index (χ0) is 25.6. The van der Waals surface area contributed by atoms with E-state index in [2.05, 4.69) is 17.6 Å². The third kappa shape index (κ3) is 6.79. The Morgan fingerprint density at radius 1 is 1.03 bits per heavy atom. The lowest BCUT2D eigenvalue weighted by Crippen LogP contribution is -2.60. The highest BCUT2D eigenvalue weighted by molar-refractivity contribution is 7.98. The molecule has 1 heterocycles. The van der Waals surface area contributed by atoms with E-state index in [0.29, 0.717) is 0 Å². The maximum Gasteiger partial charge on any atom is 0.315 e. The zero-order valence-electron chi connectivity index (χ0n) is 20.7. The number of amides is 2. The fourth-order valence-electron chi connectivity index (χ4n) is 4.17. The third-order valence-electron chi connectivity index (χ3n) is 6.37. The standard InChI is InChI=1S/C26H34N2O5S2/c1-5-6-7-14-33-25(29)23-22(16-35(31,32)21-13-8-17(2)18(3)15-21)27-26(30)28-24(23)19-9-11-20(34-4)12-10-19/h8-13,15,22-24H,5-7,14,16H2,1-4H3,(H2,27,28,30). The van der Waals surface area contributed by atoms with E-state index in [-0.39, 0.29) is 11.5 Å². The van der Waals surface area contributed by atoms with Crippen molar-refractivity contribution in [1.82, 2.24) is 10.6 Å². The molecule has 7 nitrogen and oxygen atoms in total. The molecule has 1 aliphatic heterocycles. The first kappa shape index (κ1) is 27.1. The molecule has 0 saturated carbocycles. The molecule has 190 valence electrons. The number of nitrogens with one attached hydrogen (secondary N) is 2. The SMILES string of the molecule is CCCCCOC(=O)C1C(CS(=O)(=O)c2ccc(C)c(C)c2)NC(=O)NC1c1ccc(SC)cc1. The predicted molar refractivity (Wildman–Crippen MR) is 138 cm³/mol. The van der Waals surface area contributed by atoms with Crippen LogP contribution in [-0.2, 0) is 19.4 Å². The van der Waals surface area contributed by atoms with Crippen molar-refractivity contribution in [2.24, 2.45) is 5.92 Å². The summed E-state index contributed by atoms with van der Waals surface area (Å²) in [6.07, 6.45) is 4.61. The van der Waals surface area contributed by atoms with Gasteiger partial charge in [0.25, 0.3) is 0 Å². The number of esters is 1. The molecule has 0 aliphatic carbocycles. The number of carbonyl (C=O) groups excluding carboxylic acids is 2. The van der Waals surface area contributed by atoms with Gasteiger partial charge < -0.3 is 15.4 Å². The van der Waals surface area contributed by atoms with E-state index in [1.807, 2.05) is 44.4 Å². The number of hydrogen-bond acceptors (Lipinski definition) is 6. The highest BCUT2D eigenvalue weighted by Gasteiger charge is 2.45. The minimum atomic E-state index is -3.79. The minimum absolute atomic E-state index is 0.171. The molecule has 3 atom stereocenters. The quantitative estimate of drug-likeness (QED) is 0.271. The fraction of sp³-hybridized carbons (Fsp3) is 0.462. The van der Waals surface area contributed by atoms with Crippen molar-refractivity contribution in [3.63, 3.8) is 0 Å². The van der Waals surface area contributed by atoms with Crippen LogP contribution in [0, 0.1) is 19.8 Å². The molecule has 2 aromatic rings. The molecule has 0 spiro atoms. The maximum atomic E-state index is 13.3. The second-order valence-corrected chi connectivity index (χ2v) is 11.8. The fourth-order valence-corrected chi connectivity index (χ4v) is 6.17. The molecular weight excluding hydrogens is 484 g/mol. The van der Waals surface area contributed by atoms with Crippen LogP contribution in [0.3, 0.4) is 0 Å². The van der Waals surface area contributed by atoms with Crippen molar-refractivity contribution in [2.75, 3.05) is 18.6 Å². The van der Waals surface area contributed by atoms with Crippen molar-refractivity contribution >= 4 is 33.6 Å². The van der Waals surface area contributed by atoms with E-state index >= 15 is 0 Å². The summed E-state index contributed by atoms with van der Waals surface area (Å²) in [7, 11) is -3.79.